The Morgan fingerprint density at radius 1 is 1.04 bits per heavy atom. The molecular weight excluding hydrogens is 328 g/mol. The third-order valence-corrected chi connectivity index (χ3v) is 3.91. The summed E-state index contributed by atoms with van der Waals surface area (Å²) in [6.45, 7) is 9.07. The molecule has 5 nitrogen and oxygen atoms in total. The molecule has 0 aliphatic rings. The number of amides is 1. The number of rotatable bonds is 12. The quantitative estimate of drug-likeness (QED) is 0.551. The lowest BCUT2D eigenvalue weighted by Gasteiger charge is -2.27. The summed E-state index contributed by atoms with van der Waals surface area (Å²) in [5.74, 6) is 0. The molecule has 0 unspecified atom stereocenters. The standard InChI is InChI=1S/C21H36N2O3/c1-21(2,3)26-20(25)23(18-19-12-7-6-8-13-19)16-11-15-22-14-9-4-5-10-17-24/h6-8,12-13,22,24H,4-5,9-11,14-18H2,1-3H3. The number of hydrogen-bond donors (Lipinski definition) is 2. The van der Waals surface area contributed by atoms with Crippen LogP contribution in [0.25, 0.3) is 0 Å². The first-order chi connectivity index (χ1) is 12.4. The van der Waals surface area contributed by atoms with E-state index in [2.05, 4.69) is 5.32 Å². The molecule has 0 radical (unpaired) electrons. The fourth-order valence-corrected chi connectivity index (χ4v) is 2.60. The van der Waals surface area contributed by atoms with E-state index >= 15 is 0 Å². The van der Waals surface area contributed by atoms with Crippen molar-refractivity contribution in [2.24, 2.45) is 0 Å². The molecule has 0 atom stereocenters. The number of nitrogens with zero attached hydrogens (tertiary/aromatic N) is 1. The minimum atomic E-state index is -0.487. The Morgan fingerprint density at radius 2 is 1.69 bits per heavy atom. The van der Waals surface area contributed by atoms with Crippen LogP contribution in [0, 0.1) is 0 Å². The van der Waals surface area contributed by atoms with Gasteiger partial charge >= 0.3 is 6.09 Å². The Morgan fingerprint density at radius 3 is 2.35 bits per heavy atom. The highest BCUT2D eigenvalue weighted by molar-refractivity contribution is 5.68. The second-order valence-electron chi connectivity index (χ2n) is 7.63. The molecule has 1 amide bonds. The highest BCUT2D eigenvalue weighted by Gasteiger charge is 2.21. The molecule has 1 aromatic rings. The zero-order valence-electron chi connectivity index (χ0n) is 16.7. The van der Waals surface area contributed by atoms with Gasteiger partial charge in [0.05, 0.1) is 0 Å². The van der Waals surface area contributed by atoms with E-state index in [-0.39, 0.29) is 12.7 Å². The van der Waals surface area contributed by atoms with Crippen molar-refractivity contribution in [1.82, 2.24) is 10.2 Å². The van der Waals surface area contributed by atoms with Gasteiger partial charge in [-0.05, 0) is 58.7 Å². The molecule has 5 heteroatoms. The Bertz CT molecular complexity index is 486. The van der Waals surface area contributed by atoms with Gasteiger partial charge in [-0.3, -0.25) is 0 Å². The van der Waals surface area contributed by atoms with Gasteiger partial charge in [-0.25, -0.2) is 4.79 Å². The number of aliphatic hydroxyl groups is 1. The first-order valence-corrected chi connectivity index (χ1v) is 9.76. The first kappa shape index (κ1) is 22.5. The largest absolute Gasteiger partial charge is 0.444 e. The van der Waals surface area contributed by atoms with Crippen molar-refractivity contribution in [3.8, 4) is 0 Å². The molecule has 148 valence electrons. The van der Waals surface area contributed by atoms with Crippen molar-refractivity contribution in [1.29, 1.82) is 0 Å². The van der Waals surface area contributed by atoms with E-state index in [4.69, 9.17) is 9.84 Å². The van der Waals surface area contributed by atoms with Crippen LogP contribution in [-0.2, 0) is 11.3 Å². The predicted octanol–water partition coefficient (Wildman–Crippen LogP) is 3.96. The van der Waals surface area contributed by atoms with E-state index in [0.29, 0.717) is 13.1 Å². The summed E-state index contributed by atoms with van der Waals surface area (Å²) < 4.78 is 5.55. The van der Waals surface area contributed by atoms with Gasteiger partial charge in [-0.2, -0.15) is 0 Å². The second-order valence-corrected chi connectivity index (χ2v) is 7.63. The summed E-state index contributed by atoms with van der Waals surface area (Å²) in [6, 6.07) is 10.0. The van der Waals surface area contributed by atoms with Crippen molar-refractivity contribution in [3.63, 3.8) is 0 Å². The van der Waals surface area contributed by atoms with Gasteiger partial charge in [0.15, 0.2) is 0 Å². The highest BCUT2D eigenvalue weighted by atomic mass is 16.6. The summed E-state index contributed by atoms with van der Waals surface area (Å²) in [5.41, 5.74) is 0.619. The molecule has 2 N–H and O–H groups in total. The summed E-state index contributed by atoms with van der Waals surface area (Å²) in [6.07, 6.45) is 4.88. The predicted molar refractivity (Wildman–Crippen MR) is 106 cm³/mol. The van der Waals surface area contributed by atoms with Crippen LogP contribution in [0.4, 0.5) is 4.79 Å². The lowest BCUT2D eigenvalue weighted by molar-refractivity contribution is 0.0231. The van der Waals surface area contributed by atoms with Crippen LogP contribution < -0.4 is 5.32 Å². The van der Waals surface area contributed by atoms with Crippen LogP contribution in [0.2, 0.25) is 0 Å². The van der Waals surface area contributed by atoms with Gasteiger partial charge in [0.25, 0.3) is 0 Å². The summed E-state index contributed by atoms with van der Waals surface area (Å²) in [7, 11) is 0. The minimum absolute atomic E-state index is 0.259. The molecule has 0 fully saturated rings. The maximum atomic E-state index is 12.5. The van der Waals surface area contributed by atoms with E-state index in [9.17, 15) is 4.79 Å². The molecule has 0 aliphatic carbocycles. The monoisotopic (exact) mass is 364 g/mol. The van der Waals surface area contributed by atoms with E-state index < -0.39 is 5.60 Å². The van der Waals surface area contributed by atoms with Crippen LogP contribution in [-0.4, -0.2) is 47.9 Å². The summed E-state index contributed by atoms with van der Waals surface area (Å²) in [4.78, 5) is 14.3. The number of carbonyl (C=O) groups excluding carboxylic acids is 1. The number of aliphatic hydroxyl groups excluding tert-OH is 1. The Kier molecular flexibility index (Phi) is 11.0. The number of benzene rings is 1. The Balaban J connectivity index is 2.36. The van der Waals surface area contributed by atoms with Crippen LogP contribution in [0.5, 0.6) is 0 Å². The minimum Gasteiger partial charge on any atom is -0.444 e. The lowest BCUT2D eigenvalue weighted by Crippen LogP contribution is -2.37. The van der Waals surface area contributed by atoms with Crippen molar-refractivity contribution >= 4 is 6.09 Å². The van der Waals surface area contributed by atoms with Crippen molar-refractivity contribution in [3.05, 3.63) is 35.9 Å². The molecule has 0 saturated carbocycles. The molecule has 0 saturated heterocycles. The Hall–Kier alpha value is -1.59. The maximum absolute atomic E-state index is 12.5. The van der Waals surface area contributed by atoms with E-state index in [1.165, 1.54) is 0 Å². The molecule has 0 heterocycles. The van der Waals surface area contributed by atoms with Crippen molar-refractivity contribution in [2.75, 3.05) is 26.2 Å². The van der Waals surface area contributed by atoms with Crippen molar-refractivity contribution < 1.29 is 14.6 Å². The molecule has 26 heavy (non-hydrogen) atoms. The van der Waals surface area contributed by atoms with Gasteiger partial charge < -0.3 is 20.1 Å². The third kappa shape index (κ3) is 11.1. The molecule has 0 spiro atoms. The second kappa shape index (κ2) is 12.7. The van der Waals surface area contributed by atoms with E-state index in [1.807, 2.05) is 51.1 Å². The molecule has 0 bridgehead atoms. The van der Waals surface area contributed by atoms with Crippen LogP contribution in [0.15, 0.2) is 30.3 Å². The van der Waals surface area contributed by atoms with Gasteiger partial charge in [0, 0.05) is 19.7 Å². The van der Waals surface area contributed by atoms with E-state index in [0.717, 1.165) is 50.8 Å². The highest BCUT2D eigenvalue weighted by Crippen LogP contribution is 2.13. The first-order valence-electron chi connectivity index (χ1n) is 9.76. The molecule has 1 aromatic carbocycles. The fourth-order valence-electron chi connectivity index (χ4n) is 2.60. The van der Waals surface area contributed by atoms with Crippen LogP contribution in [0.3, 0.4) is 0 Å². The fraction of sp³-hybridized carbons (Fsp3) is 0.667. The van der Waals surface area contributed by atoms with Gasteiger partial charge in [-0.15, -0.1) is 0 Å². The number of ether oxygens (including phenoxy) is 1. The van der Waals surface area contributed by atoms with Crippen molar-refractivity contribution in [2.45, 2.75) is 65.0 Å². The Labute approximate surface area is 158 Å². The molecular formula is C21H36N2O3. The van der Waals surface area contributed by atoms with Crippen LogP contribution >= 0.6 is 0 Å². The average Bonchev–Trinajstić information content (AvgIpc) is 2.58. The SMILES string of the molecule is CC(C)(C)OC(=O)N(CCCNCCCCCCO)Cc1ccccc1. The van der Waals surface area contributed by atoms with Gasteiger partial charge in [0.2, 0.25) is 0 Å². The topological polar surface area (TPSA) is 61.8 Å². The van der Waals surface area contributed by atoms with Crippen LogP contribution in [0.1, 0.15) is 58.4 Å². The molecule has 1 rings (SSSR count). The zero-order chi connectivity index (χ0) is 19.3. The average molecular weight is 365 g/mol. The molecule has 0 aromatic heterocycles. The maximum Gasteiger partial charge on any atom is 0.410 e. The van der Waals surface area contributed by atoms with Gasteiger partial charge in [0.1, 0.15) is 5.60 Å². The van der Waals surface area contributed by atoms with Gasteiger partial charge in [-0.1, -0.05) is 43.2 Å². The zero-order valence-corrected chi connectivity index (χ0v) is 16.7. The lowest BCUT2D eigenvalue weighted by atomic mass is 10.2. The summed E-state index contributed by atoms with van der Waals surface area (Å²) in [5, 5.41) is 12.2. The molecule has 0 aliphatic heterocycles. The number of unbranched alkanes of at least 4 members (excludes halogenated alkanes) is 3. The third-order valence-electron chi connectivity index (χ3n) is 3.91. The van der Waals surface area contributed by atoms with E-state index in [1.54, 1.807) is 4.90 Å². The number of nitrogens with one attached hydrogen (secondary N) is 1. The smallest absolute Gasteiger partial charge is 0.410 e. The normalized spacial score (nSPS) is 11.4. The summed E-state index contributed by atoms with van der Waals surface area (Å²) >= 11 is 0. The number of carbonyl (C=O) groups is 1. The number of hydrogen-bond acceptors (Lipinski definition) is 4.